The Labute approximate surface area is 88.1 Å². The molecular formula is C8H14O6Si. The minimum atomic E-state index is -2.59. The van der Waals surface area contributed by atoms with E-state index in [2.05, 4.69) is 4.42 Å². The normalized spacial score (nSPS) is 11.9. The molecule has 0 aromatic carbocycles. The Balaban J connectivity index is 2.57. The van der Waals surface area contributed by atoms with Crippen molar-refractivity contribution in [2.45, 2.75) is 12.5 Å². The van der Waals surface area contributed by atoms with E-state index in [1.54, 1.807) is 0 Å². The predicted octanol–water partition coefficient (Wildman–Crippen LogP) is 0.653. The minimum Gasteiger partial charge on any atom is -0.399 e. The van der Waals surface area contributed by atoms with Crippen molar-refractivity contribution in [1.82, 2.24) is 0 Å². The molecule has 0 bridgehead atoms. The smallest absolute Gasteiger partial charge is 0.399 e. The summed E-state index contributed by atoms with van der Waals surface area (Å²) in [7, 11) is 2.00. The maximum atomic E-state index is 10.6. The average Bonchev–Trinajstić information content (AvgIpc) is 2.67. The molecule has 7 heteroatoms. The van der Waals surface area contributed by atoms with Gasteiger partial charge in [0.05, 0.1) is 0 Å². The number of aryl methyl sites for hydroxylation is 1. The Morgan fingerprint density at radius 3 is 2.27 bits per heavy atom. The molecule has 0 radical (unpaired) electrons. The third-order valence-corrected chi connectivity index (χ3v) is 4.84. The lowest BCUT2D eigenvalue weighted by Gasteiger charge is -2.23. The first kappa shape index (κ1) is 12.2. The van der Waals surface area contributed by atoms with E-state index < -0.39 is 14.6 Å². The summed E-state index contributed by atoms with van der Waals surface area (Å²) in [6.45, 7) is 0. The zero-order valence-corrected chi connectivity index (χ0v) is 9.94. The number of hydrogen-bond acceptors (Lipinski definition) is 6. The van der Waals surface area contributed by atoms with E-state index in [9.17, 15) is 4.79 Å². The molecule has 15 heavy (non-hydrogen) atoms. The molecule has 6 nitrogen and oxygen atoms in total. The molecule has 0 atom stereocenters. The van der Waals surface area contributed by atoms with Gasteiger partial charge >= 0.3 is 14.6 Å². The first-order valence-corrected chi connectivity index (χ1v) is 6.32. The fraction of sp³-hybridized carbons (Fsp3) is 0.625. The van der Waals surface area contributed by atoms with Crippen LogP contribution in [0.1, 0.15) is 5.76 Å². The Morgan fingerprint density at radius 1 is 1.27 bits per heavy atom. The summed E-state index contributed by atoms with van der Waals surface area (Å²) in [4.78, 5) is 10.6. The highest BCUT2D eigenvalue weighted by atomic mass is 28.4. The van der Waals surface area contributed by atoms with Gasteiger partial charge in [-0.25, -0.2) is 4.79 Å². The van der Waals surface area contributed by atoms with Gasteiger partial charge in [-0.3, -0.25) is 0 Å². The Bertz CT molecular complexity index is 331. The van der Waals surface area contributed by atoms with Crippen molar-refractivity contribution in [3.05, 3.63) is 22.6 Å². The third kappa shape index (κ3) is 3.03. The van der Waals surface area contributed by atoms with E-state index in [-0.39, 0.29) is 0 Å². The molecule has 0 spiro atoms. The molecule has 0 aliphatic heterocycles. The second-order valence-electron chi connectivity index (χ2n) is 2.85. The van der Waals surface area contributed by atoms with Gasteiger partial charge in [-0.1, -0.05) is 0 Å². The van der Waals surface area contributed by atoms with Crippen molar-refractivity contribution < 1.29 is 22.1 Å². The molecule has 0 saturated heterocycles. The van der Waals surface area contributed by atoms with Crippen LogP contribution in [0.2, 0.25) is 6.04 Å². The van der Waals surface area contributed by atoms with Crippen LogP contribution in [0, 0.1) is 0 Å². The zero-order valence-electron chi connectivity index (χ0n) is 8.94. The number of hydrogen-bond donors (Lipinski definition) is 0. The minimum absolute atomic E-state index is 0.461. The van der Waals surface area contributed by atoms with Crippen LogP contribution in [-0.4, -0.2) is 30.1 Å². The average molecular weight is 234 g/mol. The standard InChI is InChI=1S/C8H14O6Si/c1-10-15(11-2,12-3)5-4-7-6-13-8(9)14-7/h6H,4-5H2,1-3H3. The van der Waals surface area contributed by atoms with Gasteiger partial charge in [-0.2, -0.15) is 0 Å². The van der Waals surface area contributed by atoms with E-state index >= 15 is 0 Å². The summed E-state index contributed by atoms with van der Waals surface area (Å²) in [5.41, 5.74) is 0. The van der Waals surface area contributed by atoms with E-state index in [1.807, 2.05) is 0 Å². The second kappa shape index (κ2) is 5.26. The highest BCUT2D eigenvalue weighted by Crippen LogP contribution is 2.15. The molecule has 0 unspecified atom stereocenters. The topological polar surface area (TPSA) is 71.0 Å². The van der Waals surface area contributed by atoms with Gasteiger partial charge < -0.3 is 22.1 Å². The van der Waals surface area contributed by atoms with Crippen LogP contribution < -0.4 is 5.82 Å². The van der Waals surface area contributed by atoms with Gasteiger partial charge in [0, 0.05) is 33.8 Å². The fourth-order valence-corrected chi connectivity index (χ4v) is 2.88. The second-order valence-corrected chi connectivity index (χ2v) is 5.94. The summed E-state index contributed by atoms with van der Waals surface area (Å²) in [6, 6.07) is 0.527. The molecule has 1 rings (SSSR count). The van der Waals surface area contributed by atoms with Crippen LogP contribution in [0.15, 0.2) is 19.9 Å². The van der Waals surface area contributed by atoms with E-state index in [4.69, 9.17) is 17.7 Å². The first-order chi connectivity index (χ1) is 7.15. The van der Waals surface area contributed by atoms with Gasteiger partial charge in [0.2, 0.25) is 0 Å². The lowest BCUT2D eigenvalue weighted by atomic mass is 10.4. The predicted molar refractivity (Wildman–Crippen MR) is 52.5 cm³/mol. The van der Waals surface area contributed by atoms with Crippen LogP contribution in [0.3, 0.4) is 0 Å². The molecule has 86 valence electrons. The highest BCUT2D eigenvalue weighted by molar-refractivity contribution is 6.60. The van der Waals surface area contributed by atoms with Crippen LogP contribution in [0.4, 0.5) is 0 Å². The van der Waals surface area contributed by atoms with Crippen LogP contribution in [-0.2, 0) is 19.7 Å². The van der Waals surface area contributed by atoms with E-state index in [1.165, 1.54) is 27.6 Å². The Kier molecular flexibility index (Phi) is 4.27. The van der Waals surface area contributed by atoms with Gasteiger partial charge in [0.15, 0.2) is 0 Å². The molecule has 0 saturated carbocycles. The maximum absolute atomic E-state index is 10.6. The van der Waals surface area contributed by atoms with Gasteiger partial charge in [-0.15, -0.1) is 0 Å². The fourth-order valence-electron chi connectivity index (χ4n) is 1.21. The molecular weight excluding hydrogens is 220 g/mol. The van der Waals surface area contributed by atoms with Crippen LogP contribution >= 0.6 is 0 Å². The van der Waals surface area contributed by atoms with Gasteiger partial charge in [0.1, 0.15) is 12.0 Å². The quantitative estimate of drug-likeness (QED) is 0.673. The van der Waals surface area contributed by atoms with E-state index in [0.717, 1.165) is 0 Å². The first-order valence-electron chi connectivity index (χ1n) is 4.39. The lowest BCUT2D eigenvalue weighted by Crippen LogP contribution is -2.43. The van der Waals surface area contributed by atoms with Crippen molar-refractivity contribution in [2.24, 2.45) is 0 Å². The molecule has 0 aliphatic rings. The molecule has 1 aromatic rings. The van der Waals surface area contributed by atoms with Crippen molar-refractivity contribution >= 4 is 8.80 Å². The summed E-state index contributed by atoms with van der Waals surface area (Å²) < 4.78 is 24.9. The number of rotatable bonds is 6. The molecule has 1 aromatic heterocycles. The largest absolute Gasteiger partial charge is 0.518 e. The summed E-state index contributed by atoms with van der Waals surface area (Å²) in [5, 5.41) is 0. The highest BCUT2D eigenvalue weighted by Gasteiger charge is 2.37. The van der Waals surface area contributed by atoms with Gasteiger partial charge in [-0.05, 0) is 0 Å². The Morgan fingerprint density at radius 2 is 1.87 bits per heavy atom. The lowest BCUT2D eigenvalue weighted by molar-refractivity contribution is 0.123. The Hall–Kier alpha value is -0.893. The maximum Gasteiger partial charge on any atom is 0.518 e. The van der Waals surface area contributed by atoms with Gasteiger partial charge in [0.25, 0.3) is 0 Å². The molecule has 0 aliphatic carbocycles. The van der Waals surface area contributed by atoms with Crippen LogP contribution in [0.25, 0.3) is 0 Å². The molecule has 0 fully saturated rings. The van der Waals surface area contributed by atoms with Crippen molar-refractivity contribution in [1.29, 1.82) is 0 Å². The third-order valence-electron chi connectivity index (χ3n) is 2.11. The van der Waals surface area contributed by atoms with Crippen LogP contribution in [0.5, 0.6) is 0 Å². The molecule has 1 heterocycles. The van der Waals surface area contributed by atoms with E-state index in [0.29, 0.717) is 18.2 Å². The molecule has 0 N–H and O–H groups in total. The summed E-state index contributed by atoms with van der Waals surface area (Å²) in [6.07, 6.45) is 1.76. The zero-order chi connectivity index (χ0) is 11.3. The van der Waals surface area contributed by atoms with Crippen molar-refractivity contribution in [3.8, 4) is 0 Å². The van der Waals surface area contributed by atoms with Crippen molar-refractivity contribution in [3.63, 3.8) is 0 Å². The summed E-state index contributed by atoms with van der Waals surface area (Å²) in [5.74, 6) is -0.243. The monoisotopic (exact) mass is 234 g/mol. The SMILES string of the molecule is CO[Si](CCc1coc(=O)o1)(OC)OC. The molecule has 0 amide bonds. The van der Waals surface area contributed by atoms with Crippen molar-refractivity contribution in [2.75, 3.05) is 21.3 Å². The summed E-state index contributed by atoms with van der Waals surface area (Å²) >= 11 is 0.